The average molecular weight is 325 g/mol. The van der Waals surface area contributed by atoms with E-state index in [0.29, 0.717) is 5.92 Å². The molecular weight excluding hydrogens is 296 g/mol. The summed E-state index contributed by atoms with van der Waals surface area (Å²) in [6.07, 6.45) is 3.97. The van der Waals surface area contributed by atoms with Crippen LogP contribution in [0.4, 0.5) is 0 Å². The number of piperidine rings is 1. The first kappa shape index (κ1) is 19.0. The minimum Gasteiger partial charge on any atom is -0.334 e. The zero-order valence-corrected chi connectivity index (χ0v) is 14.7. The molecule has 22 heavy (non-hydrogen) atoms. The quantitative estimate of drug-likeness (QED) is 0.914. The number of hydrogen-bond donors (Lipinski definition) is 1. The molecule has 1 aromatic carbocycles. The second-order valence-corrected chi connectivity index (χ2v) is 6.40. The maximum Gasteiger partial charge on any atom is 0.240 e. The summed E-state index contributed by atoms with van der Waals surface area (Å²) in [5, 5.41) is 0. The molecule has 0 aromatic heterocycles. The Morgan fingerprint density at radius 1 is 1.36 bits per heavy atom. The van der Waals surface area contributed by atoms with Crippen molar-refractivity contribution in [2.24, 2.45) is 11.7 Å². The fourth-order valence-electron chi connectivity index (χ4n) is 3.35. The van der Waals surface area contributed by atoms with Crippen LogP contribution in [0.3, 0.4) is 0 Å². The number of carbonyl (C=O) groups is 1. The van der Waals surface area contributed by atoms with Gasteiger partial charge in [0.05, 0.1) is 12.1 Å². The first-order valence-corrected chi connectivity index (χ1v) is 8.17. The van der Waals surface area contributed by atoms with Gasteiger partial charge in [-0.25, -0.2) is 0 Å². The van der Waals surface area contributed by atoms with E-state index in [-0.39, 0.29) is 30.4 Å². The minimum absolute atomic E-state index is 0. The fourth-order valence-corrected chi connectivity index (χ4v) is 3.35. The molecule has 1 aromatic rings. The van der Waals surface area contributed by atoms with Crippen molar-refractivity contribution in [3.63, 3.8) is 0 Å². The molecule has 1 aliphatic heterocycles. The van der Waals surface area contributed by atoms with E-state index in [1.807, 2.05) is 4.90 Å². The van der Waals surface area contributed by atoms with Crippen LogP contribution in [-0.2, 0) is 4.79 Å². The normalized spacial score (nSPS) is 22.8. The molecule has 0 radical (unpaired) electrons. The highest BCUT2D eigenvalue weighted by Gasteiger charge is 2.34. The highest BCUT2D eigenvalue weighted by molar-refractivity contribution is 5.85. The molecule has 0 bridgehead atoms. The number of aryl methyl sites for hydroxylation is 1. The summed E-state index contributed by atoms with van der Waals surface area (Å²) >= 11 is 0. The van der Waals surface area contributed by atoms with Gasteiger partial charge in [0.25, 0.3) is 0 Å². The van der Waals surface area contributed by atoms with E-state index >= 15 is 0 Å². The van der Waals surface area contributed by atoms with Gasteiger partial charge in [0, 0.05) is 6.54 Å². The molecule has 0 spiro atoms. The molecule has 0 saturated carbocycles. The Balaban J connectivity index is 0.00000242. The maximum atomic E-state index is 12.7. The summed E-state index contributed by atoms with van der Waals surface area (Å²) in [6, 6.07) is 8.40. The first-order valence-electron chi connectivity index (χ1n) is 8.17. The van der Waals surface area contributed by atoms with Crippen LogP contribution in [0.2, 0.25) is 0 Å². The van der Waals surface area contributed by atoms with Crippen molar-refractivity contribution in [1.29, 1.82) is 0 Å². The molecule has 3 unspecified atom stereocenters. The largest absolute Gasteiger partial charge is 0.334 e. The average Bonchev–Trinajstić information content (AvgIpc) is 2.47. The van der Waals surface area contributed by atoms with E-state index in [4.69, 9.17) is 5.73 Å². The molecule has 3 atom stereocenters. The maximum absolute atomic E-state index is 12.7. The fraction of sp³-hybridized carbons (Fsp3) is 0.611. The standard InChI is InChI=1S/C18H28N2O.ClH/c1-4-6-16(19)18(21)20-12-5-7-14(3)17(20)15-10-8-13(2)9-11-15;/h8-11,14,16-17H,4-7,12,19H2,1-3H3;1H. The van der Waals surface area contributed by atoms with Crippen LogP contribution < -0.4 is 5.73 Å². The predicted octanol–water partition coefficient (Wildman–Crippen LogP) is 3.84. The number of nitrogens with two attached hydrogens (primary N) is 1. The number of rotatable bonds is 4. The van der Waals surface area contributed by atoms with Gasteiger partial charge in [0.1, 0.15) is 0 Å². The third-order valence-electron chi connectivity index (χ3n) is 4.55. The lowest BCUT2D eigenvalue weighted by molar-refractivity contribution is -0.138. The first-order chi connectivity index (χ1) is 10.0. The molecule has 4 heteroatoms. The Hall–Kier alpha value is -1.06. The number of likely N-dealkylation sites (tertiary alicyclic amines) is 1. The zero-order valence-electron chi connectivity index (χ0n) is 13.9. The molecular formula is C18H29ClN2O. The Kier molecular flexibility index (Phi) is 7.37. The van der Waals surface area contributed by atoms with Crippen LogP contribution in [0.5, 0.6) is 0 Å². The summed E-state index contributed by atoms with van der Waals surface area (Å²) in [6.45, 7) is 7.24. The van der Waals surface area contributed by atoms with Crippen molar-refractivity contribution in [2.75, 3.05) is 6.54 Å². The van der Waals surface area contributed by atoms with Crippen LogP contribution in [0.25, 0.3) is 0 Å². The van der Waals surface area contributed by atoms with Gasteiger partial charge in [-0.1, -0.05) is 50.1 Å². The molecule has 0 aliphatic carbocycles. The van der Waals surface area contributed by atoms with Gasteiger partial charge in [0.15, 0.2) is 0 Å². The van der Waals surface area contributed by atoms with Gasteiger partial charge < -0.3 is 10.6 Å². The van der Waals surface area contributed by atoms with Gasteiger partial charge in [0.2, 0.25) is 5.91 Å². The Labute approximate surface area is 140 Å². The third kappa shape index (κ3) is 4.23. The van der Waals surface area contributed by atoms with Gasteiger partial charge in [-0.2, -0.15) is 0 Å². The van der Waals surface area contributed by atoms with E-state index in [9.17, 15) is 4.79 Å². The van der Waals surface area contributed by atoms with Crippen LogP contribution in [0.1, 0.15) is 56.7 Å². The Morgan fingerprint density at radius 2 is 2.00 bits per heavy atom. The summed E-state index contributed by atoms with van der Waals surface area (Å²) in [4.78, 5) is 14.7. The van der Waals surface area contributed by atoms with E-state index in [1.165, 1.54) is 17.5 Å². The zero-order chi connectivity index (χ0) is 15.4. The number of amides is 1. The number of halogens is 1. The SMILES string of the molecule is CCCC(N)C(=O)N1CCCC(C)C1c1ccc(C)cc1.Cl. The van der Waals surface area contributed by atoms with Crippen molar-refractivity contribution < 1.29 is 4.79 Å². The summed E-state index contributed by atoms with van der Waals surface area (Å²) in [5.41, 5.74) is 8.57. The van der Waals surface area contributed by atoms with E-state index < -0.39 is 0 Å². The van der Waals surface area contributed by atoms with Crippen LogP contribution in [0, 0.1) is 12.8 Å². The molecule has 1 heterocycles. The molecule has 1 amide bonds. The lowest BCUT2D eigenvalue weighted by Gasteiger charge is -2.41. The van der Waals surface area contributed by atoms with E-state index in [0.717, 1.165) is 25.8 Å². The predicted molar refractivity (Wildman–Crippen MR) is 94.2 cm³/mol. The number of nitrogens with zero attached hydrogens (tertiary/aromatic N) is 1. The minimum atomic E-state index is -0.353. The number of carbonyl (C=O) groups excluding carboxylic acids is 1. The molecule has 1 saturated heterocycles. The second-order valence-electron chi connectivity index (χ2n) is 6.40. The van der Waals surface area contributed by atoms with E-state index in [1.54, 1.807) is 0 Å². The van der Waals surface area contributed by atoms with E-state index in [2.05, 4.69) is 45.0 Å². The summed E-state index contributed by atoms with van der Waals surface area (Å²) in [7, 11) is 0. The lowest BCUT2D eigenvalue weighted by atomic mass is 9.85. The lowest BCUT2D eigenvalue weighted by Crippen LogP contribution is -2.49. The number of benzene rings is 1. The molecule has 124 valence electrons. The molecule has 2 N–H and O–H groups in total. The van der Waals surface area contributed by atoms with Gasteiger partial charge in [-0.3, -0.25) is 4.79 Å². The monoisotopic (exact) mass is 324 g/mol. The van der Waals surface area contributed by atoms with Crippen LogP contribution in [-0.4, -0.2) is 23.4 Å². The third-order valence-corrected chi connectivity index (χ3v) is 4.55. The van der Waals surface area contributed by atoms with Gasteiger partial charge in [-0.15, -0.1) is 12.4 Å². The van der Waals surface area contributed by atoms with Gasteiger partial charge in [-0.05, 0) is 37.7 Å². The van der Waals surface area contributed by atoms with Crippen molar-refractivity contribution >= 4 is 18.3 Å². The molecule has 3 nitrogen and oxygen atoms in total. The topological polar surface area (TPSA) is 46.3 Å². The van der Waals surface area contributed by atoms with Gasteiger partial charge >= 0.3 is 0 Å². The second kappa shape index (κ2) is 8.54. The molecule has 1 aliphatic rings. The van der Waals surface area contributed by atoms with Crippen LogP contribution >= 0.6 is 12.4 Å². The van der Waals surface area contributed by atoms with Crippen LogP contribution in [0.15, 0.2) is 24.3 Å². The Morgan fingerprint density at radius 3 is 2.59 bits per heavy atom. The van der Waals surface area contributed by atoms with Crippen molar-refractivity contribution in [1.82, 2.24) is 4.90 Å². The van der Waals surface area contributed by atoms with Crippen molar-refractivity contribution in [3.05, 3.63) is 35.4 Å². The smallest absolute Gasteiger partial charge is 0.240 e. The molecule has 1 fully saturated rings. The summed E-state index contributed by atoms with van der Waals surface area (Å²) in [5.74, 6) is 0.605. The molecule has 2 rings (SSSR count). The Bertz CT molecular complexity index is 474. The van der Waals surface area contributed by atoms with Crippen molar-refractivity contribution in [2.45, 2.75) is 58.5 Å². The number of hydrogen-bond acceptors (Lipinski definition) is 2. The van der Waals surface area contributed by atoms with Crippen molar-refractivity contribution in [3.8, 4) is 0 Å². The summed E-state index contributed by atoms with van der Waals surface area (Å²) < 4.78 is 0. The highest BCUT2D eigenvalue weighted by atomic mass is 35.5. The highest BCUT2D eigenvalue weighted by Crippen LogP contribution is 2.36.